The molecule has 0 saturated carbocycles. The number of amides is 1. The van der Waals surface area contributed by atoms with Crippen LogP contribution in [0.4, 0.5) is 4.79 Å². The van der Waals surface area contributed by atoms with Crippen molar-refractivity contribution in [2.24, 2.45) is 0 Å². The molecule has 0 saturated heterocycles. The van der Waals surface area contributed by atoms with Crippen LogP contribution in [-0.4, -0.2) is 25.1 Å². The molecule has 0 heterocycles. The van der Waals surface area contributed by atoms with Crippen molar-refractivity contribution < 1.29 is 9.53 Å². The molecule has 0 aliphatic rings. The molecule has 76 valence electrons. The molecule has 0 unspecified atom stereocenters. The zero-order valence-corrected chi connectivity index (χ0v) is 10.1. The highest BCUT2D eigenvalue weighted by Crippen LogP contribution is 2.28. The Balaban J connectivity index is 2.86. The number of carbonyl (C=O) groups excluding carboxylic acids is 1. The summed E-state index contributed by atoms with van der Waals surface area (Å²) in [5.41, 5.74) is 0. The lowest BCUT2D eigenvalue weighted by Gasteiger charge is -2.11. The minimum absolute atomic E-state index is 0.413. The van der Waals surface area contributed by atoms with Gasteiger partial charge in [-0.2, -0.15) is 0 Å². The molecule has 0 atom stereocenters. The maximum atomic E-state index is 11.2. The highest BCUT2D eigenvalue weighted by molar-refractivity contribution is 9.10. The predicted molar refractivity (Wildman–Crippen MR) is 58.9 cm³/mol. The topological polar surface area (TPSA) is 29.5 Å². The number of carbonyl (C=O) groups is 1. The summed E-state index contributed by atoms with van der Waals surface area (Å²) in [5.74, 6) is 0.413. The first-order chi connectivity index (χ1) is 6.50. The summed E-state index contributed by atoms with van der Waals surface area (Å²) < 4.78 is 5.73. The lowest BCUT2D eigenvalue weighted by atomic mass is 10.3. The van der Waals surface area contributed by atoms with Crippen LogP contribution in [0, 0.1) is 0 Å². The van der Waals surface area contributed by atoms with E-state index in [1.165, 1.54) is 4.90 Å². The van der Waals surface area contributed by atoms with Crippen molar-refractivity contribution in [2.45, 2.75) is 0 Å². The van der Waals surface area contributed by atoms with Gasteiger partial charge in [0.15, 0.2) is 0 Å². The molecule has 0 radical (unpaired) electrons. The normalized spacial score (nSPS) is 9.71. The molecule has 0 aliphatic carbocycles. The van der Waals surface area contributed by atoms with Gasteiger partial charge in [-0.1, -0.05) is 11.6 Å². The standard InChI is InChI=1S/C9H9BrClNO2/c1-12(2)9(13)14-8-5-6(11)3-4-7(8)10/h3-5H,1-2H3. The fourth-order valence-corrected chi connectivity index (χ4v) is 1.23. The second kappa shape index (κ2) is 4.66. The minimum atomic E-state index is -0.437. The first kappa shape index (κ1) is 11.3. The van der Waals surface area contributed by atoms with Crippen LogP contribution < -0.4 is 4.74 Å². The van der Waals surface area contributed by atoms with Gasteiger partial charge < -0.3 is 9.64 Å². The Labute approximate surface area is 95.7 Å². The van der Waals surface area contributed by atoms with Crippen molar-refractivity contribution in [2.75, 3.05) is 14.1 Å². The number of benzene rings is 1. The predicted octanol–water partition coefficient (Wildman–Crippen LogP) is 3.16. The maximum absolute atomic E-state index is 11.2. The molecular formula is C9H9BrClNO2. The highest BCUT2D eigenvalue weighted by Gasteiger charge is 2.09. The Morgan fingerprint density at radius 2 is 2.14 bits per heavy atom. The van der Waals surface area contributed by atoms with E-state index >= 15 is 0 Å². The van der Waals surface area contributed by atoms with Crippen molar-refractivity contribution in [3.8, 4) is 5.75 Å². The average Bonchev–Trinajstić information content (AvgIpc) is 2.11. The molecule has 0 bridgehead atoms. The van der Waals surface area contributed by atoms with E-state index in [9.17, 15) is 4.79 Å². The van der Waals surface area contributed by atoms with Crippen molar-refractivity contribution in [1.82, 2.24) is 4.90 Å². The Bertz CT molecular complexity index is 355. The van der Waals surface area contributed by atoms with E-state index in [-0.39, 0.29) is 0 Å². The van der Waals surface area contributed by atoms with Gasteiger partial charge in [0.1, 0.15) is 5.75 Å². The van der Waals surface area contributed by atoms with E-state index in [1.54, 1.807) is 32.3 Å². The molecule has 0 aromatic heterocycles. The third-order valence-corrected chi connectivity index (χ3v) is 2.35. The van der Waals surface area contributed by atoms with Crippen molar-refractivity contribution in [1.29, 1.82) is 0 Å². The van der Waals surface area contributed by atoms with Crippen LogP contribution in [0.5, 0.6) is 5.75 Å². The highest BCUT2D eigenvalue weighted by atomic mass is 79.9. The molecule has 1 aromatic rings. The van der Waals surface area contributed by atoms with Crippen LogP contribution in [0.1, 0.15) is 0 Å². The number of nitrogens with zero attached hydrogens (tertiary/aromatic N) is 1. The molecule has 0 N–H and O–H groups in total. The van der Waals surface area contributed by atoms with Gasteiger partial charge in [-0.3, -0.25) is 0 Å². The monoisotopic (exact) mass is 277 g/mol. The van der Waals surface area contributed by atoms with E-state index in [2.05, 4.69) is 15.9 Å². The summed E-state index contributed by atoms with van der Waals surface area (Å²) >= 11 is 9.01. The molecule has 0 spiro atoms. The Morgan fingerprint density at radius 1 is 1.50 bits per heavy atom. The molecule has 1 rings (SSSR count). The quantitative estimate of drug-likeness (QED) is 0.790. The third-order valence-electron chi connectivity index (χ3n) is 1.46. The number of halogens is 2. The second-order valence-corrected chi connectivity index (χ2v) is 4.13. The molecule has 14 heavy (non-hydrogen) atoms. The van der Waals surface area contributed by atoms with Crippen molar-refractivity contribution in [3.63, 3.8) is 0 Å². The van der Waals surface area contributed by atoms with Gasteiger partial charge in [-0.05, 0) is 28.1 Å². The lowest BCUT2D eigenvalue weighted by molar-refractivity contribution is 0.171. The summed E-state index contributed by atoms with van der Waals surface area (Å²) in [7, 11) is 3.22. The van der Waals surface area contributed by atoms with Gasteiger partial charge in [-0.25, -0.2) is 4.79 Å². The minimum Gasteiger partial charge on any atom is -0.409 e. The first-order valence-electron chi connectivity index (χ1n) is 3.85. The zero-order chi connectivity index (χ0) is 10.7. The Kier molecular flexibility index (Phi) is 3.77. The summed E-state index contributed by atoms with van der Waals surface area (Å²) in [5, 5.41) is 0.523. The van der Waals surface area contributed by atoms with Gasteiger partial charge in [0.2, 0.25) is 0 Å². The smallest absolute Gasteiger partial charge is 0.409 e. The molecule has 3 nitrogen and oxygen atoms in total. The van der Waals surface area contributed by atoms with Crippen molar-refractivity contribution >= 4 is 33.6 Å². The Hall–Kier alpha value is -0.740. The molecule has 0 aliphatic heterocycles. The summed E-state index contributed by atoms with van der Waals surface area (Å²) in [6.45, 7) is 0. The fraction of sp³-hybridized carbons (Fsp3) is 0.222. The van der Waals surface area contributed by atoms with Gasteiger partial charge in [0.25, 0.3) is 0 Å². The number of rotatable bonds is 1. The number of hydrogen-bond acceptors (Lipinski definition) is 2. The maximum Gasteiger partial charge on any atom is 0.414 e. The summed E-state index contributed by atoms with van der Waals surface area (Å²) in [6.07, 6.45) is -0.437. The van der Waals surface area contributed by atoms with E-state index in [0.29, 0.717) is 15.2 Å². The summed E-state index contributed by atoms with van der Waals surface area (Å²) in [4.78, 5) is 12.6. The van der Waals surface area contributed by atoms with Crippen LogP contribution >= 0.6 is 27.5 Å². The van der Waals surface area contributed by atoms with Gasteiger partial charge >= 0.3 is 6.09 Å². The third kappa shape index (κ3) is 2.89. The first-order valence-corrected chi connectivity index (χ1v) is 5.02. The lowest BCUT2D eigenvalue weighted by Crippen LogP contribution is -2.25. The number of hydrogen-bond donors (Lipinski definition) is 0. The fourth-order valence-electron chi connectivity index (χ4n) is 0.741. The van der Waals surface area contributed by atoms with Gasteiger partial charge in [-0.15, -0.1) is 0 Å². The van der Waals surface area contributed by atoms with Crippen LogP contribution in [0.25, 0.3) is 0 Å². The van der Waals surface area contributed by atoms with E-state index in [0.717, 1.165) is 0 Å². The second-order valence-electron chi connectivity index (χ2n) is 2.84. The van der Waals surface area contributed by atoms with Crippen molar-refractivity contribution in [3.05, 3.63) is 27.7 Å². The molecule has 1 aromatic carbocycles. The summed E-state index contributed by atoms with van der Waals surface area (Å²) in [6, 6.07) is 5.01. The molecular weight excluding hydrogens is 269 g/mol. The van der Waals surface area contributed by atoms with E-state index in [1.807, 2.05) is 0 Å². The average molecular weight is 279 g/mol. The largest absolute Gasteiger partial charge is 0.414 e. The van der Waals surface area contributed by atoms with E-state index < -0.39 is 6.09 Å². The van der Waals surface area contributed by atoms with E-state index in [4.69, 9.17) is 16.3 Å². The number of ether oxygens (including phenoxy) is 1. The van der Waals surface area contributed by atoms with Crippen LogP contribution in [-0.2, 0) is 0 Å². The molecule has 5 heteroatoms. The van der Waals surface area contributed by atoms with Crippen LogP contribution in [0.15, 0.2) is 22.7 Å². The van der Waals surface area contributed by atoms with Gasteiger partial charge in [0, 0.05) is 25.2 Å². The Morgan fingerprint density at radius 3 is 2.71 bits per heavy atom. The zero-order valence-electron chi connectivity index (χ0n) is 7.75. The van der Waals surface area contributed by atoms with Crippen LogP contribution in [0.2, 0.25) is 5.02 Å². The SMILES string of the molecule is CN(C)C(=O)Oc1cc(Cl)ccc1Br. The van der Waals surface area contributed by atoms with Gasteiger partial charge in [0.05, 0.1) is 4.47 Å². The molecule has 0 fully saturated rings. The molecule has 1 amide bonds. The van der Waals surface area contributed by atoms with Crippen LogP contribution in [0.3, 0.4) is 0 Å².